The molecule has 27 heteroatoms. The van der Waals surface area contributed by atoms with Crippen molar-refractivity contribution in [2.75, 3.05) is 10.7 Å². The second-order valence-corrected chi connectivity index (χ2v) is 37.0. The largest absolute Gasteiger partial charge is 1.00 e. The quantitative estimate of drug-likeness (QED) is 0.0348. The fourth-order valence-corrected chi connectivity index (χ4v) is 23.3. The van der Waals surface area contributed by atoms with Crippen LogP contribution in [-0.2, 0) is 34.1 Å². The van der Waals surface area contributed by atoms with Crippen LogP contribution in [0.2, 0.25) is 0 Å². The minimum atomic E-state index is -6.00. The maximum Gasteiger partial charge on any atom is 1.00 e. The van der Waals surface area contributed by atoms with Gasteiger partial charge >= 0.3 is 48.6 Å². The second-order valence-electron chi connectivity index (χ2n) is 25.6. The van der Waals surface area contributed by atoms with Gasteiger partial charge in [-0.1, -0.05) is 224 Å². The van der Waals surface area contributed by atoms with Gasteiger partial charge in [-0.15, -0.1) is 51.5 Å². The molecule has 0 fully saturated rings. The summed E-state index contributed by atoms with van der Waals surface area (Å²) in [5.74, 6) is 4.99. The average Bonchev–Trinajstić information content (AvgIpc) is 1.52. The Kier molecular flexibility index (Phi) is 40.6. The van der Waals surface area contributed by atoms with Crippen molar-refractivity contribution in [3.05, 3.63) is 418 Å². The van der Waals surface area contributed by atoms with Gasteiger partial charge in [0.15, 0.2) is 28.8 Å². The second kappa shape index (κ2) is 50.7. The third-order valence-electron chi connectivity index (χ3n) is 17.4. The molecule has 3 aromatic heterocycles. The third kappa shape index (κ3) is 30.4. The van der Waals surface area contributed by atoms with Gasteiger partial charge < -0.3 is 44.0 Å². The topological polar surface area (TPSA) is 75.0 Å². The van der Waals surface area contributed by atoms with Crippen LogP contribution in [0.15, 0.2) is 406 Å². The Bertz CT molecular complexity index is 4990. The summed E-state index contributed by atoms with van der Waals surface area (Å²) < 4.78 is 93.7. The standard InChI is InChI=1S/2C36H28OP2.C20H17N5.2CH2Cl2.2BF4.2Cu/c2*1-5-17-29(18-6-1)38(30-19-7-2-8-20-30)35-27-15-13-25-33(35)37-34-26-14-16-28-36(34)39(31-21-9-3-10-22-31)32-23-11-4-12-24-32;1-14-8-6-12-17(21-14)19-23-20(18-13-7-9-15(2)22-18)25(24-19)16-10-4-3-5-11-16;2*2-1-3;2*2-1(3,4)5;;/h2*1-28H;3-13H,1-2H3;2*1H2;;;;/q;;;;;2*-1;2*+1/p+4. The number of alkyl halides is 4. The average molecular weight is 1880 g/mol. The first-order valence-corrected chi connectivity index (χ1v) is 45.5. The van der Waals surface area contributed by atoms with Gasteiger partial charge in [-0.3, -0.25) is 0 Å². The molecule has 0 saturated heterocycles. The molecule has 0 N–H and O–H groups in total. The van der Waals surface area contributed by atoms with Gasteiger partial charge in [-0.05, 0) is 196 Å². The number of rotatable bonds is 19. The Morgan fingerprint density at radius 2 is 0.463 bits per heavy atom. The summed E-state index contributed by atoms with van der Waals surface area (Å²) in [5, 5.41) is 20.9. The molecule has 0 unspecified atom stereocenters. The van der Waals surface area contributed by atoms with Crippen molar-refractivity contribution in [3.8, 4) is 51.7 Å². The van der Waals surface area contributed by atoms with Crippen molar-refractivity contribution in [3.63, 3.8) is 0 Å². The number of benzene rings is 13. The number of halogens is 12. The van der Waals surface area contributed by atoms with Crippen LogP contribution in [0.25, 0.3) is 28.7 Å². The number of aromatic nitrogens is 5. The predicted octanol–water partition coefficient (Wildman–Crippen LogP) is 22.4. The van der Waals surface area contributed by atoms with E-state index in [4.69, 9.17) is 66.0 Å². The van der Waals surface area contributed by atoms with Gasteiger partial charge in [0.2, 0.25) is 5.82 Å². The van der Waals surface area contributed by atoms with E-state index in [1.807, 2.05) is 85.3 Å². The van der Waals surface area contributed by atoms with Gasteiger partial charge in [-0.25, -0.2) is 19.6 Å². The number of hydrogen-bond donors (Lipinski definition) is 0. The molecule has 0 radical (unpaired) electrons. The van der Waals surface area contributed by atoms with E-state index in [2.05, 4.69) is 350 Å². The predicted molar refractivity (Wildman–Crippen MR) is 497 cm³/mol. The number of nitrogens with zero attached hydrogens (tertiary/aromatic N) is 5. The molecule has 3 heterocycles. The van der Waals surface area contributed by atoms with Crippen molar-refractivity contribution in [1.29, 1.82) is 0 Å². The normalized spacial score (nSPS) is 10.6. The van der Waals surface area contributed by atoms with Gasteiger partial charge in [0.1, 0.15) is 107 Å². The first-order valence-electron chi connectivity index (χ1n) is 37.3. The molecule has 0 atom stereocenters. The van der Waals surface area contributed by atoms with Crippen molar-refractivity contribution in [2.24, 2.45) is 0 Å². The zero-order valence-electron chi connectivity index (χ0n) is 64.9. The Labute approximate surface area is 747 Å². The van der Waals surface area contributed by atoms with Crippen LogP contribution in [0.3, 0.4) is 0 Å². The molecular weight excluding hydrogens is 1800 g/mol. The summed E-state index contributed by atoms with van der Waals surface area (Å²) in [7, 11) is -17.1. The molecular formula is C94H81B2Cl4Cu2F8N5O2P4+4. The van der Waals surface area contributed by atoms with Crippen LogP contribution < -0.4 is 73.1 Å². The fraction of sp³-hybridized carbons (Fsp3) is 0.0426. The summed E-state index contributed by atoms with van der Waals surface area (Å²) in [5.41, 5.74) is 4.35. The number of para-hydroxylation sites is 5. The van der Waals surface area contributed by atoms with Crippen molar-refractivity contribution >= 4 is 156 Å². The molecule has 13 aromatic carbocycles. The van der Waals surface area contributed by atoms with E-state index in [9.17, 15) is 34.5 Å². The first-order chi connectivity index (χ1) is 57.8. The van der Waals surface area contributed by atoms with E-state index in [1.165, 1.54) is 63.7 Å². The van der Waals surface area contributed by atoms with Gasteiger partial charge in [-0.2, -0.15) is 0 Å². The SMILES string of the molecule is Cc1cccc(-c2nc(-c3cccc(C)n3)n(-c3ccccc3)n2)n1.ClCCl.ClCCl.F[B-](F)(F)F.F[B-](F)(F)F.[Cu+].[Cu+].c1ccc([PH+](c2ccccc2)c2ccccc2Oc2ccccc2[PH+](c2ccccc2)c2ccccc2)cc1.c1ccc([PH+](c2ccccc2)c2ccccc2Oc2ccccc2[PH+](c2ccccc2)c2ccccc2)cc1. The van der Waals surface area contributed by atoms with Crippen molar-refractivity contribution in [2.45, 2.75) is 13.8 Å². The zero-order valence-corrected chi connectivity index (χ0v) is 73.8. The van der Waals surface area contributed by atoms with Crippen LogP contribution in [0.4, 0.5) is 34.5 Å². The number of aryl methyl sites for hydroxylation is 2. The molecule has 0 aliphatic heterocycles. The molecule has 16 aromatic rings. The minimum absolute atomic E-state index is 0. The number of pyridine rings is 2. The Morgan fingerprint density at radius 3 is 0.694 bits per heavy atom. The molecule has 0 saturated carbocycles. The molecule has 121 heavy (non-hydrogen) atoms. The molecule has 0 aliphatic carbocycles. The fourth-order valence-electron chi connectivity index (χ4n) is 12.7. The van der Waals surface area contributed by atoms with E-state index in [0.29, 0.717) is 11.6 Å². The van der Waals surface area contributed by atoms with Crippen molar-refractivity contribution < 1.29 is 78.1 Å². The first kappa shape index (κ1) is 96.8. The Balaban J connectivity index is 0.000000209. The zero-order chi connectivity index (χ0) is 84.2. The van der Waals surface area contributed by atoms with Crippen LogP contribution in [0, 0.1) is 13.8 Å². The number of ether oxygens (including phenoxy) is 2. The van der Waals surface area contributed by atoms with Crippen LogP contribution >= 0.6 is 78.1 Å². The van der Waals surface area contributed by atoms with E-state index >= 15 is 0 Å². The van der Waals surface area contributed by atoms with Gasteiger partial charge in [0, 0.05) is 11.4 Å². The summed E-state index contributed by atoms with van der Waals surface area (Å²) in [4.78, 5) is 13.9. The van der Waals surface area contributed by atoms with Crippen LogP contribution in [0.5, 0.6) is 23.0 Å². The van der Waals surface area contributed by atoms with Gasteiger partial charge in [0.05, 0.1) is 16.4 Å². The van der Waals surface area contributed by atoms with E-state index in [-0.39, 0.29) is 44.8 Å². The molecule has 0 amide bonds. The molecule has 0 spiro atoms. The van der Waals surface area contributed by atoms with E-state index in [1.54, 1.807) is 0 Å². The Morgan fingerprint density at radius 1 is 0.264 bits per heavy atom. The maximum absolute atomic E-state index is 9.75. The van der Waals surface area contributed by atoms with Gasteiger partial charge in [0.25, 0.3) is 0 Å². The molecule has 622 valence electrons. The van der Waals surface area contributed by atoms with E-state index < -0.39 is 46.2 Å². The molecule has 0 bridgehead atoms. The summed E-state index contributed by atoms with van der Waals surface area (Å²) in [6.45, 7) is 3.93. The summed E-state index contributed by atoms with van der Waals surface area (Å²) in [6, 6.07) is 143. The number of hydrogen-bond acceptors (Lipinski definition) is 6. The minimum Gasteiger partial charge on any atom is -0.449 e. The Hall–Kier alpha value is -9.61. The third-order valence-corrected chi connectivity index (χ3v) is 28.5. The maximum atomic E-state index is 9.75. The smallest absolute Gasteiger partial charge is 0.449 e. The summed E-state index contributed by atoms with van der Waals surface area (Å²) >= 11 is 19.1. The molecule has 0 aliphatic rings. The monoisotopic (exact) mass is 1880 g/mol. The van der Waals surface area contributed by atoms with Crippen LogP contribution in [0.1, 0.15) is 11.4 Å². The summed E-state index contributed by atoms with van der Waals surface area (Å²) in [6.07, 6.45) is 0. The molecule has 16 rings (SSSR count). The van der Waals surface area contributed by atoms with Crippen molar-refractivity contribution in [1.82, 2.24) is 24.7 Å². The molecule has 7 nitrogen and oxygen atoms in total. The van der Waals surface area contributed by atoms with E-state index in [0.717, 1.165) is 51.5 Å². The van der Waals surface area contributed by atoms with Crippen LogP contribution in [-0.4, -0.2) is 49.9 Å².